The van der Waals surface area contributed by atoms with Gasteiger partial charge in [-0.15, -0.1) is 0 Å². The van der Waals surface area contributed by atoms with Crippen molar-refractivity contribution in [2.75, 3.05) is 0 Å². The molecule has 3 heterocycles. The topological polar surface area (TPSA) is 51.8 Å². The summed E-state index contributed by atoms with van der Waals surface area (Å²) in [5.74, 6) is 4.21. The van der Waals surface area contributed by atoms with Gasteiger partial charge in [0, 0.05) is 38.8 Å². The number of fused-ring (bicyclic) bond motifs is 5. The Bertz CT molecular complexity index is 2250. The molecular weight excluding hydrogens is 576 g/mol. The number of pyridine rings is 1. The molecule has 0 amide bonds. The van der Waals surface area contributed by atoms with Crippen molar-refractivity contribution in [3.8, 4) is 34.1 Å². The molecule has 0 N–H and O–H groups in total. The number of ether oxygens (including phenoxy) is 1. The van der Waals surface area contributed by atoms with Crippen molar-refractivity contribution in [2.45, 2.75) is 93.4 Å². The summed E-state index contributed by atoms with van der Waals surface area (Å²) in [5, 5.41) is 7.08. The lowest BCUT2D eigenvalue weighted by Crippen LogP contribution is -2.32. The van der Waals surface area contributed by atoms with Crippen molar-refractivity contribution < 1.29 is 9.30 Å². The molecule has 2 aromatic heterocycles. The van der Waals surface area contributed by atoms with Crippen LogP contribution < -0.4 is 9.30 Å². The van der Waals surface area contributed by atoms with Crippen LogP contribution in [0, 0.1) is 19.3 Å². The smallest absolute Gasteiger partial charge is 0.228 e. The summed E-state index contributed by atoms with van der Waals surface area (Å²) in [6, 6.07) is 17.8. The van der Waals surface area contributed by atoms with Crippen LogP contribution in [-0.2, 0) is 24.3 Å². The standard InChI is InChI=1S/C42H47N4O/c1-23-16-17-26-29(20-23)24(2)32-35-34-27(18-19-46(35)12)33-25(21-31(34)47-36(32)30(26)22-40(3,4)5)14-13-15-28(33)37-43-38(41(6,7)8)45-39(44-37)42(9,10)11/h13-21H,22H2,1-12H3/q+1. The van der Waals surface area contributed by atoms with E-state index in [1.165, 1.54) is 38.7 Å². The number of aryl methyl sites for hydroxylation is 3. The third kappa shape index (κ3) is 5.15. The molecule has 0 aliphatic carbocycles. The zero-order valence-corrected chi connectivity index (χ0v) is 30.1. The lowest BCUT2D eigenvalue weighted by atomic mass is 9.81. The van der Waals surface area contributed by atoms with Gasteiger partial charge in [0.25, 0.3) is 0 Å². The SMILES string of the molecule is Cc1ccc2c(CC(C)(C)C)c3c(c(C)c2c1)-c1c2c(cc4cccc(-c5nc(C(C)(C)C)nc(C(C)(C)C)n5)c4c2cc[n+]1C)O3. The minimum absolute atomic E-state index is 0.0827. The fraction of sp³-hybridized carbons (Fsp3) is 0.381. The predicted molar refractivity (Wildman–Crippen MR) is 194 cm³/mol. The lowest BCUT2D eigenvalue weighted by molar-refractivity contribution is -0.659. The van der Waals surface area contributed by atoms with Crippen LogP contribution >= 0.6 is 0 Å². The van der Waals surface area contributed by atoms with Crippen LogP contribution in [0.1, 0.15) is 90.7 Å². The summed E-state index contributed by atoms with van der Waals surface area (Å²) in [5.41, 5.74) is 6.81. The molecule has 0 saturated heterocycles. The number of hydrogen-bond donors (Lipinski definition) is 0. The Hall–Kier alpha value is -4.38. The van der Waals surface area contributed by atoms with Crippen molar-refractivity contribution in [1.29, 1.82) is 0 Å². The third-order valence-corrected chi connectivity index (χ3v) is 9.38. The minimum Gasteiger partial charge on any atom is -0.455 e. The normalized spacial score (nSPS) is 13.4. The number of rotatable bonds is 2. The molecule has 0 spiro atoms. The molecular formula is C42H47N4O+. The van der Waals surface area contributed by atoms with E-state index < -0.39 is 0 Å². The molecule has 5 nitrogen and oxygen atoms in total. The first-order chi connectivity index (χ1) is 21.9. The largest absolute Gasteiger partial charge is 0.455 e. The van der Waals surface area contributed by atoms with Crippen molar-refractivity contribution in [1.82, 2.24) is 15.0 Å². The molecule has 0 atom stereocenters. The number of hydrogen-bond acceptors (Lipinski definition) is 4. The number of nitrogens with zero attached hydrogens (tertiary/aromatic N) is 4. The summed E-state index contributed by atoms with van der Waals surface area (Å²) in [6.07, 6.45) is 3.11. The second-order valence-electron chi connectivity index (χ2n) is 16.8. The molecule has 7 rings (SSSR count). The molecule has 0 unspecified atom stereocenters. The maximum Gasteiger partial charge on any atom is 0.228 e. The number of benzene rings is 4. The zero-order chi connectivity index (χ0) is 33.8. The average molecular weight is 624 g/mol. The summed E-state index contributed by atoms with van der Waals surface area (Å²) in [7, 11) is 2.16. The van der Waals surface area contributed by atoms with E-state index in [2.05, 4.69) is 143 Å². The zero-order valence-electron chi connectivity index (χ0n) is 30.1. The Balaban J connectivity index is 1.60. The van der Waals surface area contributed by atoms with Gasteiger partial charge in [-0.1, -0.05) is 104 Å². The highest BCUT2D eigenvalue weighted by molar-refractivity contribution is 6.20. The van der Waals surface area contributed by atoms with E-state index in [1.807, 2.05) is 0 Å². The summed E-state index contributed by atoms with van der Waals surface area (Å²) in [4.78, 5) is 15.2. The molecule has 0 saturated carbocycles. The second-order valence-corrected chi connectivity index (χ2v) is 16.8. The van der Waals surface area contributed by atoms with Crippen molar-refractivity contribution >= 4 is 32.3 Å². The van der Waals surface area contributed by atoms with Gasteiger partial charge in [0.1, 0.15) is 30.2 Å². The molecule has 47 heavy (non-hydrogen) atoms. The third-order valence-electron chi connectivity index (χ3n) is 9.38. The molecule has 0 bridgehead atoms. The van der Waals surface area contributed by atoms with Gasteiger partial charge in [-0.3, -0.25) is 0 Å². The van der Waals surface area contributed by atoms with Crippen molar-refractivity contribution in [3.05, 3.63) is 83.1 Å². The van der Waals surface area contributed by atoms with Gasteiger partial charge in [0.15, 0.2) is 12.0 Å². The van der Waals surface area contributed by atoms with Crippen molar-refractivity contribution in [2.24, 2.45) is 12.5 Å². The maximum atomic E-state index is 7.13. The first-order valence-electron chi connectivity index (χ1n) is 16.8. The first-order valence-corrected chi connectivity index (χ1v) is 16.8. The molecule has 0 fully saturated rings. The van der Waals surface area contributed by atoms with E-state index in [0.29, 0.717) is 5.82 Å². The number of aromatic nitrogens is 4. The molecule has 1 aliphatic heterocycles. The van der Waals surface area contributed by atoms with Crippen LogP contribution in [0.25, 0.3) is 55.0 Å². The van der Waals surface area contributed by atoms with E-state index in [9.17, 15) is 0 Å². The average Bonchev–Trinajstić information content (AvgIpc) is 2.98. The quantitative estimate of drug-likeness (QED) is 0.142. The van der Waals surface area contributed by atoms with Gasteiger partial charge < -0.3 is 4.74 Å². The second kappa shape index (κ2) is 10.3. The monoisotopic (exact) mass is 623 g/mol. The molecule has 5 heteroatoms. The van der Waals surface area contributed by atoms with Gasteiger partial charge >= 0.3 is 0 Å². The van der Waals surface area contributed by atoms with Crippen LogP contribution in [0.3, 0.4) is 0 Å². The summed E-state index contributed by atoms with van der Waals surface area (Å²) < 4.78 is 9.40. The highest BCUT2D eigenvalue weighted by Gasteiger charge is 2.35. The van der Waals surface area contributed by atoms with Crippen LogP contribution in [0.5, 0.6) is 11.5 Å². The Kier molecular flexibility index (Phi) is 6.85. The van der Waals surface area contributed by atoms with Crippen LogP contribution in [0.4, 0.5) is 0 Å². The summed E-state index contributed by atoms with van der Waals surface area (Å²) >= 11 is 0. The fourth-order valence-electron chi connectivity index (χ4n) is 7.07. The molecule has 1 aliphatic rings. The molecule has 4 aromatic carbocycles. The Morgan fingerprint density at radius 3 is 2.04 bits per heavy atom. The molecule has 0 radical (unpaired) electrons. The van der Waals surface area contributed by atoms with E-state index in [-0.39, 0.29) is 16.2 Å². The van der Waals surface area contributed by atoms with Gasteiger partial charge in [-0.25, -0.2) is 19.5 Å². The van der Waals surface area contributed by atoms with Crippen LogP contribution in [0.15, 0.2) is 54.7 Å². The Morgan fingerprint density at radius 1 is 0.723 bits per heavy atom. The van der Waals surface area contributed by atoms with Gasteiger partial charge in [-0.2, -0.15) is 0 Å². The van der Waals surface area contributed by atoms with E-state index in [1.54, 1.807) is 0 Å². The van der Waals surface area contributed by atoms with E-state index in [4.69, 9.17) is 19.7 Å². The van der Waals surface area contributed by atoms with E-state index >= 15 is 0 Å². The summed E-state index contributed by atoms with van der Waals surface area (Å²) in [6.45, 7) is 24.4. The Morgan fingerprint density at radius 2 is 1.40 bits per heavy atom. The maximum absolute atomic E-state index is 7.13. The highest BCUT2D eigenvalue weighted by Crippen LogP contribution is 2.53. The predicted octanol–water partition coefficient (Wildman–Crippen LogP) is 10.4. The molecule has 240 valence electrons. The van der Waals surface area contributed by atoms with Gasteiger partial charge in [0.05, 0.1) is 10.9 Å². The van der Waals surface area contributed by atoms with Gasteiger partial charge in [-0.05, 0) is 53.5 Å². The van der Waals surface area contributed by atoms with Gasteiger partial charge in [0.2, 0.25) is 5.69 Å². The first kappa shape index (κ1) is 31.2. The molecule has 6 aromatic rings. The fourth-order valence-corrected chi connectivity index (χ4v) is 7.07. The van der Waals surface area contributed by atoms with E-state index in [0.717, 1.165) is 56.7 Å². The van der Waals surface area contributed by atoms with Crippen LogP contribution in [-0.4, -0.2) is 15.0 Å². The minimum atomic E-state index is -0.222. The highest BCUT2D eigenvalue weighted by atomic mass is 16.5. The van der Waals surface area contributed by atoms with Crippen LogP contribution in [0.2, 0.25) is 0 Å². The van der Waals surface area contributed by atoms with Crippen molar-refractivity contribution in [3.63, 3.8) is 0 Å². The lowest BCUT2D eigenvalue weighted by Gasteiger charge is -2.28. The Labute approximate surface area is 279 Å².